The molecule has 0 N–H and O–H groups in total. The number of unbranched alkanes of at least 4 members (excludes halogenated alkanes) is 3. The molecule has 0 saturated carbocycles. The molecule has 0 spiro atoms. The fourth-order valence-electron chi connectivity index (χ4n) is 2.16. The minimum absolute atomic E-state index is 0.156. The molecule has 2 rings (SSSR count). The minimum Gasteiger partial charge on any atom is -0.492 e. The summed E-state index contributed by atoms with van der Waals surface area (Å²) in [6.45, 7) is 3.10. The zero-order valence-corrected chi connectivity index (χ0v) is 10.9. The van der Waals surface area contributed by atoms with Crippen LogP contribution in [0.15, 0.2) is 24.3 Å². The molecule has 1 aliphatic rings. The average Bonchev–Trinajstić information content (AvgIpc) is 2.82. The Kier molecular flexibility index (Phi) is 4.62. The van der Waals surface area contributed by atoms with Crippen molar-refractivity contribution in [2.75, 3.05) is 13.2 Å². The number of benzene rings is 1. The quantitative estimate of drug-likeness (QED) is 0.572. The van der Waals surface area contributed by atoms with Gasteiger partial charge in [-0.15, -0.1) is 0 Å². The van der Waals surface area contributed by atoms with E-state index in [-0.39, 0.29) is 11.9 Å². The first-order valence-corrected chi connectivity index (χ1v) is 6.71. The summed E-state index contributed by atoms with van der Waals surface area (Å²) >= 11 is 0. The summed E-state index contributed by atoms with van der Waals surface area (Å²) in [7, 11) is 0. The molecule has 1 aromatic carbocycles. The maximum Gasteiger partial charge on any atom is 0.317 e. The number of ether oxygens (including phenoxy) is 2. The second-order valence-corrected chi connectivity index (χ2v) is 4.63. The summed E-state index contributed by atoms with van der Waals surface area (Å²) in [4.78, 5) is 11.9. The van der Waals surface area contributed by atoms with Gasteiger partial charge in [-0.3, -0.25) is 4.79 Å². The zero-order valence-electron chi connectivity index (χ0n) is 10.9. The van der Waals surface area contributed by atoms with Crippen LogP contribution in [0.1, 0.15) is 44.1 Å². The van der Waals surface area contributed by atoms with E-state index in [9.17, 15) is 4.79 Å². The van der Waals surface area contributed by atoms with Crippen LogP contribution in [0.2, 0.25) is 0 Å². The number of carbonyl (C=O) groups excluding carboxylic acids is 1. The van der Waals surface area contributed by atoms with Gasteiger partial charge in [-0.05, 0) is 12.5 Å². The second kappa shape index (κ2) is 6.43. The highest BCUT2D eigenvalue weighted by Crippen LogP contribution is 2.34. The van der Waals surface area contributed by atoms with Crippen molar-refractivity contribution in [3.8, 4) is 5.75 Å². The van der Waals surface area contributed by atoms with Gasteiger partial charge in [0.05, 0.1) is 6.61 Å². The predicted molar refractivity (Wildman–Crippen MR) is 69.8 cm³/mol. The van der Waals surface area contributed by atoms with Gasteiger partial charge in [0.25, 0.3) is 0 Å². The van der Waals surface area contributed by atoms with Crippen LogP contribution in [0.4, 0.5) is 0 Å². The Hall–Kier alpha value is -1.51. The van der Waals surface area contributed by atoms with Gasteiger partial charge in [0.15, 0.2) is 0 Å². The summed E-state index contributed by atoms with van der Waals surface area (Å²) in [5, 5.41) is 0. The van der Waals surface area contributed by atoms with Crippen LogP contribution in [-0.2, 0) is 9.53 Å². The summed E-state index contributed by atoms with van der Waals surface area (Å²) in [6, 6.07) is 7.67. The smallest absolute Gasteiger partial charge is 0.317 e. The Labute approximate surface area is 108 Å². The molecule has 0 fully saturated rings. The third-order valence-electron chi connectivity index (χ3n) is 3.23. The van der Waals surface area contributed by atoms with Gasteiger partial charge in [-0.2, -0.15) is 0 Å². The lowest BCUT2D eigenvalue weighted by Crippen LogP contribution is -2.17. The number of esters is 1. The summed E-state index contributed by atoms with van der Waals surface area (Å²) in [6.07, 6.45) is 4.47. The van der Waals surface area contributed by atoms with Crippen LogP contribution in [-0.4, -0.2) is 19.2 Å². The molecular weight excluding hydrogens is 228 g/mol. The van der Waals surface area contributed by atoms with Crippen LogP contribution in [0.3, 0.4) is 0 Å². The molecule has 0 saturated heterocycles. The molecule has 0 aromatic heterocycles. The van der Waals surface area contributed by atoms with E-state index in [1.165, 1.54) is 12.8 Å². The Balaban J connectivity index is 1.80. The van der Waals surface area contributed by atoms with Gasteiger partial charge in [-0.1, -0.05) is 44.4 Å². The first-order valence-electron chi connectivity index (χ1n) is 6.71. The number of fused-ring (bicyclic) bond motifs is 1. The summed E-state index contributed by atoms with van der Waals surface area (Å²) < 4.78 is 10.8. The van der Waals surface area contributed by atoms with Crippen molar-refractivity contribution in [2.45, 2.75) is 38.5 Å². The van der Waals surface area contributed by atoms with Crippen molar-refractivity contribution in [1.82, 2.24) is 0 Å². The molecule has 0 aliphatic carbocycles. The van der Waals surface area contributed by atoms with E-state index in [4.69, 9.17) is 9.47 Å². The number of carbonyl (C=O) groups is 1. The highest BCUT2D eigenvalue weighted by molar-refractivity contribution is 5.80. The maximum absolute atomic E-state index is 11.9. The minimum atomic E-state index is -0.243. The molecule has 3 nitrogen and oxygen atoms in total. The number of rotatable bonds is 6. The fraction of sp³-hybridized carbons (Fsp3) is 0.533. The first kappa shape index (κ1) is 12.9. The fourth-order valence-corrected chi connectivity index (χ4v) is 2.16. The highest BCUT2D eigenvalue weighted by Gasteiger charge is 2.31. The molecule has 3 heteroatoms. The molecule has 0 bridgehead atoms. The highest BCUT2D eigenvalue weighted by atomic mass is 16.5. The molecule has 1 aromatic rings. The van der Waals surface area contributed by atoms with Gasteiger partial charge >= 0.3 is 5.97 Å². The Morgan fingerprint density at radius 1 is 1.33 bits per heavy atom. The van der Waals surface area contributed by atoms with E-state index >= 15 is 0 Å². The molecule has 0 amide bonds. The largest absolute Gasteiger partial charge is 0.492 e. The number of hydrogen-bond donors (Lipinski definition) is 0. The molecule has 98 valence electrons. The molecule has 18 heavy (non-hydrogen) atoms. The molecule has 1 unspecified atom stereocenters. The van der Waals surface area contributed by atoms with E-state index in [1.54, 1.807) is 0 Å². The molecule has 0 radical (unpaired) electrons. The maximum atomic E-state index is 11.9. The van der Waals surface area contributed by atoms with Crippen LogP contribution >= 0.6 is 0 Å². The lowest BCUT2D eigenvalue weighted by atomic mass is 10.0. The molecule has 1 aliphatic heterocycles. The SMILES string of the molecule is CCCCCCOC(=O)C1COc2ccccc21. The van der Waals surface area contributed by atoms with E-state index in [1.807, 2.05) is 24.3 Å². The van der Waals surface area contributed by atoms with Crippen molar-refractivity contribution in [1.29, 1.82) is 0 Å². The molecule has 1 heterocycles. The predicted octanol–water partition coefficient (Wildman–Crippen LogP) is 3.29. The average molecular weight is 248 g/mol. The van der Waals surface area contributed by atoms with E-state index < -0.39 is 0 Å². The van der Waals surface area contributed by atoms with E-state index in [0.29, 0.717) is 13.2 Å². The number of para-hydroxylation sites is 1. The van der Waals surface area contributed by atoms with Crippen molar-refractivity contribution < 1.29 is 14.3 Å². The third-order valence-corrected chi connectivity index (χ3v) is 3.23. The van der Waals surface area contributed by atoms with Crippen LogP contribution < -0.4 is 4.74 Å². The Morgan fingerprint density at radius 3 is 3.00 bits per heavy atom. The van der Waals surface area contributed by atoms with Gasteiger partial charge in [0.2, 0.25) is 0 Å². The normalized spacial score (nSPS) is 17.1. The van der Waals surface area contributed by atoms with Crippen LogP contribution in [0, 0.1) is 0 Å². The van der Waals surface area contributed by atoms with Crippen molar-refractivity contribution in [2.24, 2.45) is 0 Å². The zero-order chi connectivity index (χ0) is 12.8. The summed E-state index contributed by atoms with van der Waals surface area (Å²) in [5.74, 6) is 0.411. The van der Waals surface area contributed by atoms with Gasteiger partial charge < -0.3 is 9.47 Å². The standard InChI is InChI=1S/C15H20O3/c1-2-3-4-7-10-17-15(16)13-11-18-14-9-6-5-8-12(13)14/h5-6,8-9,13H,2-4,7,10-11H2,1H3. The Bertz CT molecular complexity index is 400. The lowest BCUT2D eigenvalue weighted by molar-refractivity contribution is -0.145. The second-order valence-electron chi connectivity index (χ2n) is 4.63. The van der Waals surface area contributed by atoms with Gasteiger partial charge in [-0.25, -0.2) is 0 Å². The van der Waals surface area contributed by atoms with Crippen LogP contribution in [0.5, 0.6) is 5.75 Å². The van der Waals surface area contributed by atoms with E-state index in [0.717, 1.165) is 24.2 Å². The van der Waals surface area contributed by atoms with Crippen molar-refractivity contribution in [3.05, 3.63) is 29.8 Å². The lowest BCUT2D eigenvalue weighted by Gasteiger charge is -2.09. The van der Waals surface area contributed by atoms with Gasteiger partial charge in [0, 0.05) is 5.56 Å². The van der Waals surface area contributed by atoms with Gasteiger partial charge in [0.1, 0.15) is 18.3 Å². The first-order chi connectivity index (χ1) is 8.83. The molecular formula is C15H20O3. The third kappa shape index (κ3) is 3.03. The topological polar surface area (TPSA) is 35.5 Å². The summed E-state index contributed by atoms with van der Waals surface area (Å²) in [5.41, 5.74) is 0.955. The molecule has 1 atom stereocenters. The Morgan fingerprint density at radius 2 is 2.17 bits per heavy atom. The van der Waals surface area contributed by atoms with Crippen LogP contribution in [0.25, 0.3) is 0 Å². The van der Waals surface area contributed by atoms with E-state index in [2.05, 4.69) is 6.92 Å². The van der Waals surface area contributed by atoms with Crippen molar-refractivity contribution >= 4 is 5.97 Å². The number of hydrogen-bond acceptors (Lipinski definition) is 3. The van der Waals surface area contributed by atoms with Crippen molar-refractivity contribution in [3.63, 3.8) is 0 Å². The monoisotopic (exact) mass is 248 g/mol.